The maximum atomic E-state index is 12.2. The lowest BCUT2D eigenvalue weighted by molar-refractivity contribution is -0.125. The second kappa shape index (κ2) is 7.68. The Hall–Kier alpha value is -0.830. The van der Waals surface area contributed by atoms with E-state index in [2.05, 4.69) is 33.4 Å². The van der Waals surface area contributed by atoms with Crippen LogP contribution < -0.4 is 5.32 Å². The molecule has 1 atom stereocenters. The predicted molar refractivity (Wildman–Crippen MR) is 82.3 cm³/mol. The fourth-order valence-electron chi connectivity index (χ4n) is 2.66. The van der Waals surface area contributed by atoms with Gasteiger partial charge in [0.15, 0.2) is 0 Å². The van der Waals surface area contributed by atoms with Gasteiger partial charge in [-0.25, -0.2) is 0 Å². The maximum absolute atomic E-state index is 12.2. The molecule has 1 aromatic rings. The minimum atomic E-state index is 0.198. The average Bonchev–Trinajstić information content (AvgIpc) is 2.74. The molecule has 0 bridgehead atoms. The first kappa shape index (κ1) is 14.6. The van der Waals surface area contributed by atoms with Crippen LogP contribution in [0.4, 0.5) is 0 Å². The van der Waals surface area contributed by atoms with Crippen LogP contribution in [0, 0.1) is 5.92 Å². The first-order valence-electron chi connectivity index (χ1n) is 7.24. The molecule has 104 valence electrons. The number of rotatable bonds is 4. The van der Waals surface area contributed by atoms with Gasteiger partial charge >= 0.3 is 0 Å². The quantitative estimate of drug-likeness (QED) is 0.652. The summed E-state index contributed by atoms with van der Waals surface area (Å²) in [6.07, 6.45) is 7.10. The van der Waals surface area contributed by atoms with Crippen LogP contribution >= 0.6 is 15.9 Å². The van der Waals surface area contributed by atoms with Gasteiger partial charge in [0.05, 0.1) is 4.83 Å². The lowest BCUT2D eigenvalue weighted by atomic mass is 9.99. The van der Waals surface area contributed by atoms with Gasteiger partial charge in [-0.05, 0) is 18.4 Å². The van der Waals surface area contributed by atoms with Crippen molar-refractivity contribution in [1.29, 1.82) is 0 Å². The van der Waals surface area contributed by atoms with Crippen LogP contribution in [0.15, 0.2) is 30.3 Å². The standard InChI is InChI=1S/C16H22BrNO/c17-15(13-8-6-3-7-9-13)12-18-16(19)14-10-4-1-2-5-11-14/h3,6-9,14-15H,1-2,4-5,10-12H2,(H,18,19). The number of carbonyl (C=O) groups excluding carboxylic acids is 1. The van der Waals surface area contributed by atoms with Crippen molar-refractivity contribution in [2.75, 3.05) is 6.54 Å². The molecule has 2 rings (SSSR count). The zero-order valence-corrected chi connectivity index (χ0v) is 12.9. The Morgan fingerprint density at radius 3 is 2.42 bits per heavy atom. The predicted octanol–water partition coefficient (Wildman–Crippen LogP) is 4.21. The summed E-state index contributed by atoms with van der Waals surface area (Å²) >= 11 is 3.64. The molecule has 0 spiro atoms. The number of benzene rings is 1. The first-order chi connectivity index (χ1) is 9.27. The Bertz CT molecular complexity index is 385. The van der Waals surface area contributed by atoms with Crippen LogP contribution in [-0.2, 0) is 4.79 Å². The highest BCUT2D eigenvalue weighted by atomic mass is 79.9. The van der Waals surface area contributed by atoms with Crippen molar-refractivity contribution in [3.8, 4) is 0 Å². The van der Waals surface area contributed by atoms with Crippen LogP contribution in [0.2, 0.25) is 0 Å². The van der Waals surface area contributed by atoms with Gasteiger partial charge in [0.25, 0.3) is 0 Å². The molecule has 1 N–H and O–H groups in total. The molecule has 0 heterocycles. The van der Waals surface area contributed by atoms with Crippen LogP contribution in [-0.4, -0.2) is 12.5 Å². The molecule has 1 unspecified atom stereocenters. The number of hydrogen-bond acceptors (Lipinski definition) is 1. The van der Waals surface area contributed by atoms with Crippen molar-refractivity contribution in [2.24, 2.45) is 5.92 Å². The SMILES string of the molecule is O=C(NCC(Br)c1ccccc1)C1CCCCCC1. The molecular formula is C16H22BrNO. The molecular weight excluding hydrogens is 302 g/mol. The van der Waals surface area contributed by atoms with E-state index in [-0.39, 0.29) is 16.7 Å². The fraction of sp³-hybridized carbons (Fsp3) is 0.562. The highest BCUT2D eigenvalue weighted by molar-refractivity contribution is 9.09. The molecule has 3 heteroatoms. The summed E-state index contributed by atoms with van der Waals surface area (Å²) in [5.41, 5.74) is 1.21. The van der Waals surface area contributed by atoms with Crippen LogP contribution in [0.5, 0.6) is 0 Å². The second-order valence-corrected chi connectivity index (χ2v) is 6.42. The van der Waals surface area contributed by atoms with Crippen LogP contribution in [0.1, 0.15) is 48.9 Å². The number of halogens is 1. The van der Waals surface area contributed by atoms with Gasteiger partial charge in [-0.15, -0.1) is 0 Å². The van der Waals surface area contributed by atoms with E-state index in [4.69, 9.17) is 0 Å². The molecule has 0 saturated heterocycles. The summed E-state index contributed by atoms with van der Waals surface area (Å²) in [6, 6.07) is 10.2. The van der Waals surface area contributed by atoms with Crippen molar-refractivity contribution >= 4 is 21.8 Å². The smallest absolute Gasteiger partial charge is 0.223 e. The van der Waals surface area contributed by atoms with E-state index in [1.165, 1.54) is 31.2 Å². The van der Waals surface area contributed by atoms with E-state index in [0.717, 1.165) is 12.8 Å². The Kier molecular flexibility index (Phi) is 5.90. The average molecular weight is 324 g/mol. The Morgan fingerprint density at radius 1 is 1.16 bits per heavy atom. The van der Waals surface area contributed by atoms with Crippen molar-refractivity contribution in [1.82, 2.24) is 5.32 Å². The lowest BCUT2D eigenvalue weighted by Gasteiger charge is -2.16. The molecule has 1 amide bonds. The molecule has 0 radical (unpaired) electrons. The highest BCUT2D eigenvalue weighted by Crippen LogP contribution is 2.24. The molecule has 1 aromatic carbocycles. The minimum absolute atomic E-state index is 0.198. The topological polar surface area (TPSA) is 29.1 Å². The van der Waals surface area contributed by atoms with Crippen LogP contribution in [0.25, 0.3) is 0 Å². The first-order valence-corrected chi connectivity index (χ1v) is 8.15. The van der Waals surface area contributed by atoms with Gasteiger partial charge < -0.3 is 5.32 Å². The fourth-order valence-corrected chi connectivity index (χ4v) is 3.12. The number of amides is 1. The van der Waals surface area contributed by atoms with Gasteiger partial charge in [-0.3, -0.25) is 4.79 Å². The van der Waals surface area contributed by atoms with E-state index < -0.39 is 0 Å². The molecule has 0 aliphatic heterocycles. The summed E-state index contributed by atoms with van der Waals surface area (Å²) in [5.74, 6) is 0.472. The van der Waals surface area contributed by atoms with E-state index in [9.17, 15) is 4.79 Å². The zero-order chi connectivity index (χ0) is 13.5. The van der Waals surface area contributed by atoms with Gasteiger partial charge in [0.1, 0.15) is 0 Å². The highest BCUT2D eigenvalue weighted by Gasteiger charge is 2.20. The molecule has 1 saturated carbocycles. The zero-order valence-electron chi connectivity index (χ0n) is 11.3. The number of nitrogens with one attached hydrogen (secondary N) is 1. The summed E-state index contributed by atoms with van der Waals surface area (Å²) in [4.78, 5) is 12.4. The Balaban J connectivity index is 1.79. The van der Waals surface area contributed by atoms with Crippen molar-refractivity contribution in [3.63, 3.8) is 0 Å². The largest absolute Gasteiger partial charge is 0.354 e. The van der Waals surface area contributed by atoms with E-state index in [0.29, 0.717) is 6.54 Å². The number of alkyl halides is 1. The third kappa shape index (κ3) is 4.64. The van der Waals surface area contributed by atoms with Gasteiger partial charge in [-0.1, -0.05) is 71.9 Å². The molecule has 1 aliphatic carbocycles. The maximum Gasteiger partial charge on any atom is 0.223 e. The van der Waals surface area contributed by atoms with Crippen LogP contribution in [0.3, 0.4) is 0 Å². The molecule has 1 aliphatic rings. The third-order valence-electron chi connectivity index (χ3n) is 3.84. The summed E-state index contributed by atoms with van der Waals surface area (Å²) < 4.78 is 0. The molecule has 0 aromatic heterocycles. The van der Waals surface area contributed by atoms with Crippen molar-refractivity contribution in [3.05, 3.63) is 35.9 Å². The Morgan fingerprint density at radius 2 is 1.79 bits per heavy atom. The van der Waals surface area contributed by atoms with E-state index in [1.807, 2.05) is 18.2 Å². The number of hydrogen-bond donors (Lipinski definition) is 1. The molecule has 2 nitrogen and oxygen atoms in total. The summed E-state index contributed by atoms with van der Waals surface area (Å²) in [5, 5.41) is 3.09. The lowest BCUT2D eigenvalue weighted by Crippen LogP contribution is -2.32. The monoisotopic (exact) mass is 323 g/mol. The van der Waals surface area contributed by atoms with Gasteiger partial charge in [0, 0.05) is 12.5 Å². The van der Waals surface area contributed by atoms with Crippen molar-refractivity contribution < 1.29 is 4.79 Å². The van der Waals surface area contributed by atoms with E-state index in [1.54, 1.807) is 0 Å². The van der Waals surface area contributed by atoms with E-state index >= 15 is 0 Å². The Labute approximate surface area is 124 Å². The minimum Gasteiger partial charge on any atom is -0.354 e. The van der Waals surface area contributed by atoms with Gasteiger partial charge in [-0.2, -0.15) is 0 Å². The summed E-state index contributed by atoms with van der Waals surface area (Å²) in [7, 11) is 0. The van der Waals surface area contributed by atoms with Gasteiger partial charge in [0.2, 0.25) is 5.91 Å². The third-order valence-corrected chi connectivity index (χ3v) is 4.70. The summed E-state index contributed by atoms with van der Waals surface area (Å²) in [6.45, 7) is 0.666. The van der Waals surface area contributed by atoms with Crippen molar-refractivity contribution in [2.45, 2.75) is 43.4 Å². The second-order valence-electron chi connectivity index (χ2n) is 5.31. The molecule has 19 heavy (non-hydrogen) atoms. The molecule has 1 fully saturated rings. The normalized spacial score (nSPS) is 18.6. The number of carbonyl (C=O) groups is 1.